The van der Waals surface area contributed by atoms with E-state index in [0.29, 0.717) is 22.4 Å². The summed E-state index contributed by atoms with van der Waals surface area (Å²) in [5.41, 5.74) is 5.88. The lowest BCUT2D eigenvalue weighted by Gasteiger charge is -2.12. The molecule has 40 heavy (non-hydrogen) atoms. The van der Waals surface area contributed by atoms with Gasteiger partial charge in [0.2, 0.25) is 0 Å². The Morgan fingerprint density at radius 1 is 0.575 bits per heavy atom. The van der Waals surface area contributed by atoms with Gasteiger partial charge in [0.25, 0.3) is 5.56 Å². The van der Waals surface area contributed by atoms with Gasteiger partial charge < -0.3 is 0 Å². The average Bonchev–Trinajstić information content (AvgIpc) is 3.37. The monoisotopic (exact) mass is 515 g/mol. The summed E-state index contributed by atoms with van der Waals surface area (Å²) in [7, 11) is 0. The van der Waals surface area contributed by atoms with Gasteiger partial charge >= 0.3 is 0 Å². The molecule has 4 aromatic carbocycles. The van der Waals surface area contributed by atoms with Crippen molar-refractivity contribution in [2.45, 2.75) is 0 Å². The minimum atomic E-state index is -0.0842. The van der Waals surface area contributed by atoms with E-state index in [1.807, 2.05) is 103 Å². The maximum absolute atomic E-state index is 13.4. The van der Waals surface area contributed by atoms with Crippen LogP contribution in [0.2, 0.25) is 0 Å². The molecule has 0 spiro atoms. The molecule has 0 radical (unpaired) electrons. The van der Waals surface area contributed by atoms with Gasteiger partial charge in [-0.3, -0.25) is 13.8 Å². The van der Waals surface area contributed by atoms with Gasteiger partial charge in [-0.15, -0.1) is 0 Å². The Morgan fingerprint density at radius 3 is 2.05 bits per heavy atom. The molecule has 0 N–H and O–H groups in total. The van der Waals surface area contributed by atoms with Crippen LogP contribution in [0.5, 0.6) is 0 Å². The second kappa shape index (κ2) is 8.71. The lowest BCUT2D eigenvalue weighted by molar-refractivity contribution is 1.04. The Kier molecular flexibility index (Phi) is 4.87. The summed E-state index contributed by atoms with van der Waals surface area (Å²) < 4.78 is 3.79. The third-order valence-electron chi connectivity index (χ3n) is 7.37. The van der Waals surface area contributed by atoms with Crippen LogP contribution in [0.15, 0.2) is 132 Å². The van der Waals surface area contributed by atoms with Crippen molar-refractivity contribution >= 4 is 38.4 Å². The van der Waals surface area contributed by atoms with E-state index in [2.05, 4.69) is 28.8 Å². The number of hydrogen-bond acceptors (Lipinski definition) is 4. The minimum Gasteiger partial charge on any atom is -0.293 e. The van der Waals surface area contributed by atoms with E-state index in [-0.39, 0.29) is 5.56 Å². The number of para-hydroxylation sites is 2. The van der Waals surface area contributed by atoms with Crippen molar-refractivity contribution in [1.29, 1.82) is 0 Å². The van der Waals surface area contributed by atoms with Crippen LogP contribution >= 0.6 is 0 Å². The summed E-state index contributed by atoms with van der Waals surface area (Å²) >= 11 is 0. The number of nitrogens with zero attached hydrogens (tertiary/aromatic N) is 5. The molecule has 0 atom stereocenters. The summed E-state index contributed by atoms with van der Waals surface area (Å²) in [6, 6.07) is 39.8. The summed E-state index contributed by atoms with van der Waals surface area (Å²) in [5, 5.41) is 2.50. The fraction of sp³-hybridized carbons (Fsp3) is 0. The number of rotatable bonds is 3. The van der Waals surface area contributed by atoms with Crippen molar-refractivity contribution in [2.75, 3.05) is 0 Å². The Bertz CT molecular complexity index is 2230. The van der Waals surface area contributed by atoms with E-state index in [0.717, 1.165) is 44.4 Å². The Labute approximate surface area is 228 Å². The molecule has 4 aromatic heterocycles. The zero-order valence-electron chi connectivity index (χ0n) is 21.3. The van der Waals surface area contributed by atoms with Gasteiger partial charge in [0.15, 0.2) is 5.82 Å². The first-order valence-electron chi connectivity index (χ1n) is 13.1. The molecule has 6 nitrogen and oxygen atoms in total. The molecule has 8 aromatic rings. The molecule has 0 bridgehead atoms. The molecule has 0 aliphatic heterocycles. The lowest BCUT2D eigenvalue weighted by Crippen LogP contribution is -2.15. The van der Waals surface area contributed by atoms with Crippen LogP contribution in [0.25, 0.3) is 66.8 Å². The molecule has 4 heterocycles. The van der Waals surface area contributed by atoms with Crippen LogP contribution in [0.4, 0.5) is 0 Å². The van der Waals surface area contributed by atoms with Gasteiger partial charge in [-0.1, -0.05) is 91.0 Å². The van der Waals surface area contributed by atoms with E-state index in [1.54, 1.807) is 4.40 Å². The van der Waals surface area contributed by atoms with Crippen molar-refractivity contribution in [3.05, 3.63) is 138 Å². The van der Waals surface area contributed by atoms with Crippen molar-refractivity contribution in [3.8, 4) is 28.5 Å². The normalized spacial score (nSPS) is 11.6. The highest BCUT2D eigenvalue weighted by Gasteiger charge is 2.19. The van der Waals surface area contributed by atoms with Crippen LogP contribution < -0.4 is 5.56 Å². The highest BCUT2D eigenvalue weighted by molar-refractivity contribution is 6.15. The molecule has 0 amide bonds. The van der Waals surface area contributed by atoms with E-state index < -0.39 is 0 Å². The number of pyridine rings is 1. The molecule has 0 aliphatic carbocycles. The smallest absolute Gasteiger partial charge is 0.265 e. The van der Waals surface area contributed by atoms with Crippen molar-refractivity contribution in [2.24, 2.45) is 0 Å². The van der Waals surface area contributed by atoms with Crippen LogP contribution in [-0.4, -0.2) is 23.9 Å². The summed E-state index contributed by atoms with van der Waals surface area (Å²) in [6.07, 6.45) is 1.81. The van der Waals surface area contributed by atoms with Crippen LogP contribution in [-0.2, 0) is 0 Å². The predicted octanol–water partition coefficient (Wildman–Crippen LogP) is 7.07. The number of hydrogen-bond donors (Lipinski definition) is 0. The molecule has 0 aliphatic rings. The highest BCUT2D eigenvalue weighted by atomic mass is 16.1. The molecule has 0 saturated heterocycles. The van der Waals surface area contributed by atoms with Gasteiger partial charge in [-0.2, -0.15) is 0 Å². The first-order chi connectivity index (χ1) is 19.8. The van der Waals surface area contributed by atoms with Crippen LogP contribution in [0.1, 0.15) is 0 Å². The van der Waals surface area contributed by atoms with E-state index in [4.69, 9.17) is 15.0 Å². The third-order valence-corrected chi connectivity index (χ3v) is 7.37. The van der Waals surface area contributed by atoms with E-state index in [1.165, 1.54) is 0 Å². The fourth-order valence-electron chi connectivity index (χ4n) is 5.53. The van der Waals surface area contributed by atoms with Gasteiger partial charge in [-0.25, -0.2) is 15.0 Å². The molecule has 188 valence electrons. The zero-order valence-corrected chi connectivity index (χ0v) is 21.3. The Hall–Kier alpha value is -5.62. The molecule has 0 saturated carbocycles. The zero-order chi connectivity index (χ0) is 26.6. The molecular formula is C34H21N5O. The van der Waals surface area contributed by atoms with E-state index >= 15 is 0 Å². The first kappa shape index (κ1) is 22.4. The quantitative estimate of drug-likeness (QED) is 0.236. The highest BCUT2D eigenvalue weighted by Crippen LogP contribution is 2.35. The minimum absolute atomic E-state index is 0.0842. The van der Waals surface area contributed by atoms with Gasteiger partial charge in [-0.05, 0) is 24.3 Å². The largest absolute Gasteiger partial charge is 0.293 e. The fourth-order valence-corrected chi connectivity index (χ4v) is 5.53. The number of benzene rings is 4. The molecule has 6 heteroatoms. The third kappa shape index (κ3) is 3.36. The average molecular weight is 516 g/mol. The van der Waals surface area contributed by atoms with E-state index in [9.17, 15) is 4.79 Å². The van der Waals surface area contributed by atoms with Crippen molar-refractivity contribution in [3.63, 3.8) is 0 Å². The molecule has 0 unspecified atom stereocenters. The SMILES string of the molecule is O=c1c2ccccc2nc2c3c4ccccc4n(-c4cc(-c5ccccc5)nc(-c5ccccc5)n4)c3ccn12. The maximum Gasteiger partial charge on any atom is 0.265 e. The standard InChI is InChI=1S/C34H21N5O/c40-34-24-15-7-9-17-26(24)36-33-31-25-16-8-10-18-28(25)39(29(31)19-20-38(33)34)30-21-27(22-11-3-1-4-12-22)35-32(37-30)23-13-5-2-6-14-23/h1-21H. The van der Waals surface area contributed by atoms with Crippen molar-refractivity contribution in [1.82, 2.24) is 23.9 Å². The summed E-state index contributed by atoms with van der Waals surface area (Å²) in [4.78, 5) is 28.5. The van der Waals surface area contributed by atoms with Crippen molar-refractivity contribution < 1.29 is 0 Å². The summed E-state index contributed by atoms with van der Waals surface area (Å²) in [5.74, 6) is 1.38. The van der Waals surface area contributed by atoms with Crippen LogP contribution in [0, 0.1) is 0 Å². The van der Waals surface area contributed by atoms with Gasteiger partial charge in [0, 0.05) is 28.8 Å². The lowest BCUT2D eigenvalue weighted by atomic mass is 10.1. The molecule has 0 fully saturated rings. The molecular weight excluding hydrogens is 494 g/mol. The second-order valence-corrected chi connectivity index (χ2v) is 9.72. The number of aromatic nitrogens is 5. The second-order valence-electron chi connectivity index (χ2n) is 9.72. The van der Waals surface area contributed by atoms with Gasteiger partial charge in [0.1, 0.15) is 11.5 Å². The van der Waals surface area contributed by atoms with Gasteiger partial charge in [0.05, 0.1) is 33.0 Å². The number of fused-ring (bicyclic) bond motifs is 6. The summed E-state index contributed by atoms with van der Waals surface area (Å²) in [6.45, 7) is 0. The Morgan fingerprint density at radius 2 is 1.25 bits per heavy atom. The topological polar surface area (TPSA) is 65.1 Å². The van der Waals surface area contributed by atoms with Crippen LogP contribution in [0.3, 0.4) is 0 Å². The molecule has 8 rings (SSSR count). The predicted molar refractivity (Wildman–Crippen MR) is 160 cm³/mol. The Balaban J connectivity index is 1.50. The maximum atomic E-state index is 13.4. The first-order valence-corrected chi connectivity index (χ1v) is 13.1.